The van der Waals surface area contributed by atoms with Crippen LogP contribution in [-0.2, 0) is 24.8 Å². The molecule has 0 aromatic carbocycles. The maximum atomic E-state index is 12.9. The molecule has 1 N–H and O–H groups in total. The zero-order valence-corrected chi connectivity index (χ0v) is 14.6. The SMILES string of the molecule is CC(C)c1nc2c(n1C)CCN(C(=O)C1CC13CCNCC3)C2. The van der Waals surface area contributed by atoms with Crippen molar-refractivity contribution in [1.29, 1.82) is 0 Å². The number of hydrogen-bond donors (Lipinski definition) is 1. The highest BCUT2D eigenvalue weighted by Crippen LogP contribution is 2.59. The number of carbonyl (C=O) groups is 1. The summed E-state index contributed by atoms with van der Waals surface area (Å²) in [7, 11) is 2.11. The van der Waals surface area contributed by atoms with Crippen molar-refractivity contribution in [3.05, 3.63) is 17.2 Å². The first-order valence-corrected chi connectivity index (χ1v) is 9.06. The van der Waals surface area contributed by atoms with Gasteiger partial charge in [0.1, 0.15) is 5.82 Å². The van der Waals surface area contributed by atoms with Gasteiger partial charge < -0.3 is 14.8 Å². The summed E-state index contributed by atoms with van der Waals surface area (Å²) in [6.45, 7) is 8.08. The van der Waals surface area contributed by atoms with Crippen molar-refractivity contribution in [2.45, 2.75) is 52.0 Å². The van der Waals surface area contributed by atoms with Gasteiger partial charge in [-0.25, -0.2) is 4.98 Å². The number of rotatable bonds is 2. The van der Waals surface area contributed by atoms with Crippen molar-refractivity contribution in [2.24, 2.45) is 18.4 Å². The molecule has 1 amide bonds. The number of fused-ring (bicyclic) bond motifs is 1. The van der Waals surface area contributed by atoms with Crippen LogP contribution in [0.1, 0.15) is 56.2 Å². The predicted octanol–water partition coefficient (Wildman–Crippen LogP) is 1.82. The highest BCUT2D eigenvalue weighted by molar-refractivity contribution is 5.83. The number of hydrogen-bond acceptors (Lipinski definition) is 3. The lowest BCUT2D eigenvalue weighted by Gasteiger charge is -2.29. The van der Waals surface area contributed by atoms with Crippen molar-refractivity contribution in [3.8, 4) is 0 Å². The molecule has 4 rings (SSSR count). The van der Waals surface area contributed by atoms with Gasteiger partial charge in [0.15, 0.2) is 0 Å². The van der Waals surface area contributed by atoms with Gasteiger partial charge in [0, 0.05) is 37.5 Å². The molecule has 1 saturated heterocycles. The average Bonchev–Trinajstić information content (AvgIpc) is 3.12. The fourth-order valence-corrected chi connectivity index (χ4v) is 4.65. The summed E-state index contributed by atoms with van der Waals surface area (Å²) >= 11 is 0. The fourth-order valence-electron chi connectivity index (χ4n) is 4.65. The lowest BCUT2D eigenvalue weighted by molar-refractivity contribution is -0.134. The first-order chi connectivity index (χ1) is 11.0. The van der Waals surface area contributed by atoms with Gasteiger partial charge in [-0.05, 0) is 37.8 Å². The van der Waals surface area contributed by atoms with Crippen molar-refractivity contribution in [3.63, 3.8) is 0 Å². The van der Waals surface area contributed by atoms with Crippen LogP contribution in [0.3, 0.4) is 0 Å². The first-order valence-electron chi connectivity index (χ1n) is 9.06. The van der Waals surface area contributed by atoms with Crippen LogP contribution in [0.4, 0.5) is 0 Å². The molecule has 2 aliphatic heterocycles. The number of aromatic nitrogens is 2. The zero-order valence-electron chi connectivity index (χ0n) is 14.6. The first kappa shape index (κ1) is 15.2. The van der Waals surface area contributed by atoms with E-state index < -0.39 is 0 Å². The second kappa shape index (κ2) is 5.33. The van der Waals surface area contributed by atoms with Crippen LogP contribution in [0.15, 0.2) is 0 Å². The van der Waals surface area contributed by atoms with Crippen molar-refractivity contribution in [2.75, 3.05) is 19.6 Å². The Morgan fingerprint density at radius 1 is 1.35 bits per heavy atom. The molecule has 1 unspecified atom stereocenters. The van der Waals surface area contributed by atoms with E-state index in [1.807, 2.05) is 0 Å². The van der Waals surface area contributed by atoms with Crippen LogP contribution in [0.25, 0.3) is 0 Å². The molecule has 3 aliphatic rings. The van der Waals surface area contributed by atoms with E-state index in [1.54, 1.807) is 0 Å². The Balaban J connectivity index is 1.48. The monoisotopic (exact) mass is 316 g/mol. The molecule has 2 fully saturated rings. The molecule has 126 valence electrons. The number of piperidine rings is 1. The Kier molecular flexibility index (Phi) is 3.52. The minimum atomic E-state index is 0.277. The van der Waals surface area contributed by atoms with E-state index in [4.69, 9.17) is 4.98 Å². The molecular formula is C18H28N4O. The third kappa shape index (κ3) is 2.40. The van der Waals surface area contributed by atoms with Crippen LogP contribution >= 0.6 is 0 Å². The average molecular weight is 316 g/mol. The lowest BCUT2D eigenvalue weighted by Crippen LogP contribution is -2.39. The Morgan fingerprint density at radius 3 is 2.78 bits per heavy atom. The van der Waals surface area contributed by atoms with E-state index in [2.05, 4.69) is 35.7 Å². The van der Waals surface area contributed by atoms with Crippen molar-refractivity contribution >= 4 is 5.91 Å². The molecular weight excluding hydrogens is 288 g/mol. The quantitative estimate of drug-likeness (QED) is 0.905. The van der Waals surface area contributed by atoms with Gasteiger partial charge in [0.25, 0.3) is 0 Å². The lowest BCUT2D eigenvalue weighted by atomic mass is 9.91. The molecule has 1 atom stereocenters. The molecule has 5 nitrogen and oxygen atoms in total. The van der Waals surface area contributed by atoms with E-state index in [9.17, 15) is 4.79 Å². The molecule has 1 saturated carbocycles. The molecule has 0 bridgehead atoms. The summed E-state index contributed by atoms with van der Waals surface area (Å²) < 4.78 is 2.24. The standard InChI is InChI=1S/C18H28N4O/c1-12(2)16-20-14-11-22(9-4-15(14)21(16)3)17(23)13-10-18(13)5-7-19-8-6-18/h12-13,19H,4-11H2,1-3H3. The van der Waals surface area contributed by atoms with Crippen molar-refractivity contribution in [1.82, 2.24) is 19.8 Å². The number of nitrogens with one attached hydrogen (secondary N) is 1. The second-order valence-electron chi connectivity index (χ2n) is 7.96. The Labute approximate surface area is 138 Å². The molecule has 1 aromatic rings. The topological polar surface area (TPSA) is 50.2 Å². The fraction of sp³-hybridized carbons (Fsp3) is 0.778. The Bertz CT molecular complexity index is 627. The summed E-state index contributed by atoms with van der Waals surface area (Å²) in [5.74, 6) is 2.23. The third-order valence-corrected chi connectivity index (χ3v) is 6.21. The molecule has 1 spiro atoms. The molecule has 0 radical (unpaired) electrons. The number of carbonyl (C=O) groups excluding carboxylic acids is 1. The van der Waals surface area contributed by atoms with E-state index in [0.717, 1.165) is 44.0 Å². The molecule has 1 aromatic heterocycles. The Hall–Kier alpha value is -1.36. The molecule has 5 heteroatoms. The maximum Gasteiger partial charge on any atom is 0.226 e. The zero-order chi connectivity index (χ0) is 16.2. The normalized spacial score (nSPS) is 25.7. The molecule has 1 aliphatic carbocycles. The maximum absolute atomic E-state index is 12.9. The van der Waals surface area contributed by atoms with Gasteiger partial charge in [-0.2, -0.15) is 0 Å². The van der Waals surface area contributed by atoms with Gasteiger partial charge >= 0.3 is 0 Å². The van der Waals surface area contributed by atoms with Crippen LogP contribution in [0.2, 0.25) is 0 Å². The summed E-state index contributed by atoms with van der Waals surface area (Å²) in [4.78, 5) is 19.8. The largest absolute Gasteiger partial charge is 0.336 e. The van der Waals surface area contributed by atoms with Crippen molar-refractivity contribution < 1.29 is 4.79 Å². The van der Waals surface area contributed by atoms with Crippen LogP contribution in [0.5, 0.6) is 0 Å². The number of imidazole rings is 1. The van der Waals surface area contributed by atoms with E-state index >= 15 is 0 Å². The number of amides is 1. The summed E-state index contributed by atoms with van der Waals surface area (Å²) in [6, 6.07) is 0. The number of nitrogens with zero attached hydrogens (tertiary/aromatic N) is 3. The van der Waals surface area contributed by atoms with E-state index in [0.29, 0.717) is 23.8 Å². The van der Waals surface area contributed by atoms with E-state index in [-0.39, 0.29) is 5.92 Å². The highest BCUT2D eigenvalue weighted by atomic mass is 16.2. The van der Waals surface area contributed by atoms with Gasteiger partial charge in [-0.15, -0.1) is 0 Å². The van der Waals surface area contributed by atoms with Gasteiger partial charge in [-0.3, -0.25) is 4.79 Å². The summed E-state index contributed by atoms with van der Waals surface area (Å²) in [5.41, 5.74) is 2.77. The van der Waals surface area contributed by atoms with Crippen LogP contribution in [-0.4, -0.2) is 40.0 Å². The highest BCUT2D eigenvalue weighted by Gasteiger charge is 2.58. The van der Waals surface area contributed by atoms with E-state index in [1.165, 1.54) is 18.5 Å². The predicted molar refractivity (Wildman–Crippen MR) is 89.1 cm³/mol. The summed E-state index contributed by atoms with van der Waals surface area (Å²) in [5, 5.41) is 3.41. The van der Waals surface area contributed by atoms with Crippen LogP contribution < -0.4 is 5.32 Å². The smallest absolute Gasteiger partial charge is 0.226 e. The van der Waals surface area contributed by atoms with Gasteiger partial charge in [0.2, 0.25) is 5.91 Å². The minimum Gasteiger partial charge on any atom is -0.336 e. The van der Waals surface area contributed by atoms with Gasteiger partial charge in [-0.1, -0.05) is 13.8 Å². The second-order valence-corrected chi connectivity index (χ2v) is 7.96. The van der Waals surface area contributed by atoms with Crippen LogP contribution in [0, 0.1) is 11.3 Å². The minimum absolute atomic E-state index is 0.277. The molecule has 23 heavy (non-hydrogen) atoms. The summed E-state index contributed by atoms with van der Waals surface area (Å²) in [6.07, 6.45) is 4.39. The molecule has 3 heterocycles. The third-order valence-electron chi connectivity index (χ3n) is 6.21. The Morgan fingerprint density at radius 2 is 2.09 bits per heavy atom. The van der Waals surface area contributed by atoms with Gasteiger partial charge in [0.05, 0.1) is 12.2 Å².